The van der Waals surface area contributed by atoms with Gasteiger partial charge in [-0.2, -0.15) is 5.10 Å². The van der Waals surface area contributed by atoms with Gasteiger partial charge in [-0.05, 0) is 37.5 Å². The van der Waals surface area contributed by atoms with Gasteiger partial charge in [0.15, 0.2) is 5.58 Å². The number of carbonyl (C=O) groups is 1. The number of furan rings is 1. The zero-order valence-electron chi connectivity index (χ0n) is 18.0. The standard InChI is InChI=1S/C24H23FN4O4/c1-28-9-7-19(27-28)14-5-6-15(18(25)11-14)12-29-13-17(22-16(24(29)32)8-10-33-22)23(31)26-20-3-2-4-21(20)30/h5-11,13,20-21,30H,2-4,12H2,1H3,(H,26,31)/t20-,21-/m0/s1. The van der Waals surface area contributed by atoms with E-state index < -0.39 is 17.8 Å². The van der Waals surface area contributed by atoms with Gasteiger partial charge in [-0.1, -0.05) is 12.1 Å². The minimum absolute atomic E-state index is 0.0549. The molecule has 3 heterocycles. The summed E-state index contributed by atoms with van der Waals surface area (Å²) >= 11 is 0. The van der Waals surface area contributed by atoms with Crippen LogP contribution in [-0.4, -0.2) is 37.5 Å². The van der Waals surface area contributed by atoms with E-state index in [9.17, 15) is 19.1 Å². The lowest BCUT2D eigenvalue weighted by molar-refractivity contribution is 0.0873. The van der Waals surface area contributed by atoms with Crippen LogP contribution in [0.3, 0.4) is 0 Å². The number of aliphatic hydroxyl groups is 1. The third-order valence-electron chi connectivity index (χ3n) is 6.13. The van der Waals surface area contributed by atoms with Crippen molar-refractivity contribution in [3.63, 3.8) is 0 Å². The predicted molar refractivity (Wildman–Crippen MR) is 119 cm³/mol. The number of aromatic nitrogens is 3. The van der Waals surface area contributed by atoms with Crippen LogP contribution in [0.1, 0.15) is 35.2 Å². The van der Waals surface area contributed by atoms with E-state index in [4.69, 9.17) is 4.42 Å². The Kier molecular flexibility index (Phi) is 5.33. The molecule has 1 saturated carbocycles. The lowest BCUT2D eigenvalue weighted by Gasteiger charge is -2.17. The summed E-state index contributed by atoms with van der Waals surface area (Å²) < 4.78 is 23.3. The molecule has 0 bridgehead atoms. The number of amides is 1. The van der Waals surface area contributed by atoms with Crippen LogP contribution in [0.2, 0.25) is 0 Å². The summed E-state index contributed by atoms with van der Waals surface area (Å²) in [6, 6.07) is 7.68. The van der Waals surface area contributed by atoms with Crippen LogP contribution in [0.4, 0.5) is 4.39 Å². The summed E-state index contributed by atoms with van der Waals surface area (Å²) in [7, 11) is 1.79. The molecule has 8 nitrogen and oxygen atoms in total. The van der Waals surface area contributed by atoms with Crippen LogP contribution in [-0.2, 0) is 13.6 Å². The van der Waals surface area contributed by atoms with E-state index in [0.29, 0.717) is 29.7 Å². The highest BCUT2D eigenvalue weighted by Gasteiger charge is 2.28. The highest BCUT2D eigenvalue weighted by Crippen LogP contribution is 2.23. The van der Waals surface area contributed by atoms with E-state index >= 15 is 0 Å². The van der Waals surface area contributed by atoms with Crippen molar-refractivity contribution in [2.24, 2.45) is 7.05 Å². The number of aryl methyl sites for hydroxylation is 1. The van der Waals surface area contributed by atoms with Crippen LogP contribution in [0, 0.1) is 5.82 Å². The number of nitrogens with one attached hydrogen (secondary N) is 1. The molecule has 0 aliphatic heterocycles. The van der Waals surface area contributed by atoms with Crippen molar-refractivity contribution in [2.45, 2.75) is 38.0 Å². The van der Waals surface area contributed by atoms with Gasteiger partial charge in [-0.3, -0.25) is 14.3 Å². The maximum Gasteiger partial charge on any atom is 0.262 e. The van der Waals surface area contributed by atoms with Crippen LogP contribution < -0.4 is 10.9 Å². The van der Waals surface area contributed by atoms with Gasteiger partial charge in [0.05, 0.1) is 41.6 Å². The van der Waals surface area contributed by atoms with E-state index in [0.717, 1.165) is 6.42 Å². The maximum atomic E-state index is 14.9. The lowest BCUT2D eigenvalue weighted by atomic mass is 10.1. The molecule has 2 atom stereocenters. The fourth-order valence-corrected chi connectivity index (χ4v) is 4.34. The van der Waals surface area contributed by atoms with Crippen LogP contribution in [0.25, 0.3) is 22.2 Å². The first-order chi connectivity index (χ1) is 15.9. The third kappa shape index (κ3) is 3.95. The van der Waals surface area contributed by atoms with Gasteiger partial charge in [-0.25, -0.2) is 4.39 Å². The number of carbonyl (C=O) groups excluding carboxylic acids is 1. The largest absolute Gasteiger partial charge is 0.463 e. The Balaban J connectivity index is 1.48. The Morgan fingerprint density at radius 3 is 2.85 bits per heavy atom. The molecule has 0 unspecified atom stereocenters. The van der Waals surface area contributed by atoms with Gasteiger partial charge in [-0.15, -0.1) is 0 Å². The molecule has 0 radical (unpaired) electrons. The Morgan fingerprint density at radius 2 is 2.15 bits per heavy atom. The summed E-state index contributed by atoms with van der Waals surface area (Å²) in [4.78, 5) is 25.9. The Labute approximate surface area is 188 Å². The second-order valence-corrected chi connectivity index (χ2v) is 8.40. The van der Waals surface area contributed by atoms with Gasteiger partial charge in [0.2, 0.25) is 0 Å². The maximum absolute atomic E-state index is 14.9. The second-order valence-electron chi connectivity index (χ2n) is 8.40. The average molecular weight is 450 g/mol. The highest BCUT2D eigenvalue weighted by molar-refractivity contribution is 6.04. The molecule has 0 spiro atoms. The summed E-state index contributed by atoms with van der Waals surface area (Å²) in [5.41, 5.74) is 1.53. The third-order valence-corrected chi connectivity index (χ3v) is 6.13. The topological polar surface area (TPSA) is 102 Å². The Hall–Kier alpha value is -3.72. The Morgan fingerprint density at radius 1 is 1.30 bits per heavy atom. The first-order valence-electron chi connectivity index (χ1n) is 10.8. The van der Waals surface area contributed by atoms with E-state index in [2.05, 4.69) is 10.4 Å². The Bertz CT molecular complexity index is 1400. The molecular weight excluding hydrogens is 427 g/mol. The van der Waals surface area contributed by atoms with E-state index in [1.165, 1.54) is 29.2 Å². The number of fused-ring (bicyclic) bond motifs is 1. The minimum atomic E-state index is -0.598. The number of pyridine rings is 1. The van der Waals surface area contributed by atoms with Gasteiger partial charge < -0.3 is 19.4 Å². The van der Waals surface area contributed by atoms with E-state index in [1.807, 2.05) is 0 Å². The molecule has 5 rings (SSSR count). The smallest absolute Gasteiger partial charge is 0.262 e. The van der Waals surface area contributed by atoms with E-state index in [-0.39, 0.29) is 34.7 Å². The normalized spacial score (nSPS) is 18.2. The summed E-state index contributed by atoms with van der Waals surface area (Å²) in [6.07, 6.45) is 6.05. The number of hydrogen-bond donors (Lipinski definition) is 2. The second kappa shape index (κ2) is 8.32. The summed E-state index contributed by atoms with van der Waals surface area (Å²) in [5.74, 6) is -0.918. The van der Waals surface area contributed by atoms with Crippen LogP contribution in [0.5, 0.6) is 0 Å². The highest BCUT2D eigenvalue weighted by atomic mass is 19.1. The monoisotopic (exact) mass is 450 g/mol. The number of hydrogen-bond acceptors (Lipinski definition) is 5. The number of aliphatic hydroxyl groups excluding tert-OH is 1. The van der Waals surface area contributed by atoms with Crippen LogP contribution in [0.15, 0.2) is 58.2 Å². The summed E-state index contributed by atoms with van der Waals surface area (Å²) in [6.45, 7) is -0.0549. The van der Waals surface area contributed by atoms with Crippen molar-refractivity contribution in [3.8, 4) is 11.3 Å². The molecule has 170 valence electrons. The molecule has 3 aromatic heterocycles. The lowest BCUT2D eigenvalue weighted by Crippen LogP contribution is -2.40. The first-order valence-corrected chi connectivity index (χ1v) is 10.8. The quantitative estimate of drug-likeness (QED) is 0.487. The molecule has 9 heteroatoms. The molecule has 0 saturated heterocycles. The summed E-state index contributed by atoms with van der Waals surface area (Å²) in [5, 5.41) is 17.4. The molecule has 33 heavy (non-hydrogen) atoms. The number of rotatable bonds is 5. The van der Waals surface area contributed by atoms with Crippen molar-refractivity contribution in [1.29, 1.82) is 0 Å². The number of halogens is 1. The van der Waals surface area contributed by atoms with Crippen molar-refractivity contribution in [2.75, 3.05) is 0 Å². The number of nitrogens with zero attached hydrogens (tertiary/aromatic N) is 3. The van der Waals surface area contributed by atoms with Crippen molar-refractivity contribution in [1.82, 2.24) is 19.7 Å². The molecule has 2 N–H and O–H groups in total. The SMILES string of the molecule is Cn1ccc(-c2ccc(Cn3cc(C(=O)N[C@H]4CCC[C@@H]4O)c4occc4c3=O)c(F)c2)n1. The first kappa shape index (κ1) is 21.1. The van der Waals surface area contributed by atoms with Crippen molar-refractivity contribution >= 4 is 16.9 Å². The van der Waals surface area contributed by atoms with Crippen molar-refractivity contribution in [3.05, 3.63) is 76.3 Å². The molecular formula is C24H23FN4O4. The van der Waals surface area contributed by atoms with Gasteiger partial charge in [0.1, 0.15) is 5.82 Å². The molecule has 1 aromatic carbocycles. The molecule has 1 fully saturated rings. The van der Waals surface area contributed by atoms with Gasteiger partial charge in [0, 0.05) is 30.6 Å². The van der Waals surface area contributed by atoms with Crippen LogP contribution >= 0.6 is 0 Å². The fourth-order valence-electron chi connectivity index (χ4n) is 4.34. The molecule has 1 amide bonds. The molecule has 1 aliphatic carbocycles. The van der Waals surface area contributed by atoms with Crippen molar-refractivity contribution < 1.29 is 18.7 Å². The van der Waals surface area contributed by atoms with E-state index in [1.54, 1.807) is 36.1 Å². The van der Waals surface area contributed by atoms with Gasteiger partial charge in [0.25, 0.3) is 11.5 Å². The predicted octanol–water partition coefficient (Wildman–Crippen LogP) is 2.83. The van der Waals surface area contributed by atoms with Gasteiger partial charge >= 0.3 is 0 Å². The fraction of sp³-hybridized carbons (Fsp3) is 0.292. The zero-order valence-corrected chi connectivity index (χ0v) is 18.0. The number of benzene rings is 1. The minimum Gasteiger partial charge on any atom is -0.463 e. The molecule has 1 aliphatic rings. The average Bonchev–Trinajstić information content (AvgIpc) is 3.53. The molecule has 4 aromatic rings. The zero-order chi connectivity index (χ0) is 23.1.